The highest BCUT2D eigenvalue weighted by Gasteiger charge is 2.33. The lowest BCUT2D eigenvalue weighted by molar-refractivity contribution is -0.137. The molecular weight excluding hydrogens is 417 g/mol. The fourth-order valence-electron chi connectivity index (χ4n) is 3.00. The van der Waals surface area contributed by atoms with Crippen molar-refractivity contribution < 1.29 is 22.8 Å². The van der Waals surface area contributed by atoms with Crippen molar-refractivity contribution in [1.29, 1.82) is 0 Å². The molecule has 164 valence electrons. The van der Waals surface area contributed by atoms with E-state index in [0.717, 1.165) is 21.6 Å². The van der Waals surface area contributed by atoms with Crippen LogP contribution in [0.3, 0.4) is 0 Å². The first-order valence-electron chi connectivity index (χ1n) is 9.22. The summed E-state index contributed by atoms with van der Waals surface area (Å²) >= 11 is 0. The van der Waals surface area contributed by atoms with E-state index in [1.807, 2.05) is 0 Å². The molecule has 2 aromatic heterocycles. The lowest BCUT2D eigenvalue weighted by Crippen LogP contribution is -2.41. The summed E-state index contributed by atoms with van der Waals surface area (Å²) in [5.41, 5.74) is -1.49. The van der Waals surface area contributed by atoms with Gasteiger partial charge in [0.15, 0.2) is 5.65 Å². The maximum absolute atomic E-state index is 13.1. The Morgan fingerprint density at radius 2 is 1.94 bits per heavy atom. The van der Waals surface area contributed by atoms with E-state index >= 15 is 0 Å². The molecule has 0 bridgehead atoms. The predicted molar refractivity (Wildman–Crippen MR) is 105 cm³/mol. The highest BCUT2D eigenvalue weighted by molar-refractivity contribution is 5.95. The first kappa shape index (κ1) is 22.0. The molecule has 0 atom stereocenters. The van der Waals surface area contributed by atoms with Crippen LogP contribution in [-0.2, 0) is 29.4 Å². The van der Waals surface area contributed by atoms with Gasteiger partial charge in [0, 0.05) is 13.6 Å². The number of carbonyl (C=O) groups excluding carboxylic acids is 2. The van der Waals surface area contributed by atoms with E-state index in [9.17, 15) is 27.6 Å². The predicted octanol–water partition coefficient (Wildman–Crippen LogP) is 1.64. The molecule has 9 nitrogen and oxygen atoms in total. The average molecular weight is 436 g/mol. The Morgan fingerprint density at radius 1 is 1.23 bits per heavy atom. The molecule has 0 aliphatic rings. The Hall–Kier alpha value is -3.70. The number of para-hydroxylation sites is 1. The number of amides is 2. The second-order valence-corrected chi connectivity index (χ2v) is 6.68. The summed E-state index contributed by atoms with van der Waals surface area (Å²) in [5.74, 6) is -1.35. The number of rotatable bonds is 6. The Labute approximate surface area is 174 Å². The molecule has 1 N–H and O–H groups in total. The van der Waals surface area contributed by atoms with Crippen LogP contribution < -0.4 is 10.9 Å². The van der Waals surface area contributed by atoms with Crippen LogP contribution >= 0.6 is 0 Å². The summed E-state index contributed by atoms with van der Waals surface area (Å²) < 4.78 is 41.8. The van der Waals surface area contributed by atoms with E-state index in [0.29, 0.717) is 5.65 Å². The zero-order chi connectivity index (χ0) is 22.8. The second-order valence-electron chi connectivity index (χ2n) is 6.68. The minimum atomic E-state index is -4.64. The zero-order valence-corrected chi connectivity index (χ0v) is 16.7. The van der Waals surface area contributed by atoms with Crippen molar-refractivity contribution in [2.75, 3.05) is 18.4 Å². The van der Waals surface area contributed by atoms with Gasteiger partial charge in [0.05, 0.1) is 24.0 Å². The van der Waals surface area contributed by atoms with Gasteiger partial charge >= 0.3 is 6.18 Å². The van der Waals surface area contributed by atoms with Crippen LogP contribution in [0.4, 0.5) is 18.9 Å². The van der Waals surface area contributed by atoms with Crippen molar-refractivity contribution in [3.63, 3.8) is 0 Å². The van der Waals surface area contributed by atoms with Gasteiger partial charge in [-0.3, -0.25) is 23.6 Å². The molecule has 0 aliphatic carbocycles. The molecule has 31 heavy (non-hydrogen) atoms. The summed E-state index contributed by atoms with van der Waals surface area (Å²) in [6, 6.07) is 4.56. The van der Waals surface area contributed by atoms with Gasteiger partial charge in [-0.25, -0.2) is 4.98 Å². The minimum Gasteiger partial charge on any atom is -0.332 e. The summed E-state index contributed by atoms with van der Waals surface area (Å²) in [5, 5.41) is 6.38. The molecule has 2 heterocycles. The number of hydrogen-bond acceptors (Lipinski definition) is 5. The van der Waals surface area contributed by atoms with Crippen molar-refractivity contribution in [1.82, 2.24) is 24.2 Å². The molecule has 3 rings (SSSR count). The number of fused-ring (bicyclic) bond motifs is 1. The number of hydrogen-bond donors (Lipinski definition) is 1. The Bertz CT molecular complexity index is 1180. The van der Waals surface area contributed by atoms with Crippen LogP contribution in [0, 0.1) is 0 Å². The number of benzene rings is 1. The van der Waals surface area contributed by atoms with Crippen LogP contribution in [0.1, 0.15) is 12.5 Å². The highest BCUT2D eigenvalue weighted by Crippen LogP contribution is 2.34. The fraction of sp³-hybridized carbons (Fsp3) is 0.316. The molecule has 0 radical (unpaired) electrons. The Morgan fingerprint density at radius 3 is 2.61 bits per heavy atom. The van der Waals surface area contributed by atoms with Gasteiger partial charge in [0.1, 0.15) is 18.3 Å². The first-order chi connectivity index (χ1) is 14.6. The van der Waals surface area contributed by atoms with Gasteiger partial charge in [0.25, 0.3) is 5.56 Å². The van der Waals surface area contributed by atoms with Gasteiger partial charge in [-0.15, -0.1) is 0 Å². The van der Waals surface area contributed by atoms with Gasteiger partial charge in [-0.1, -0.05) is 12.1 Å². The number of nitrogens with one attached hydrogen (secondary N) is 1. The summed E-state index contributed by atoms with van der Waals surface area (Å²) in [6.07, 6.45) is -2.09. The molecule has 0 spiro atoms. The quantitative estimate of drug-likeness (QED) is 0.633. The third-order valence-corrected chi connectivity index (χ3v) is 4.60. The zero-order valence-electron chi connectivity index (χ0n) is 16.7. The van der Waals surface area contributed by atoms with E-state index in [4.69, 9.17) is 0 Å². The molecular formula is C19H19F3N6O3. The summed E-state index contributed by atoms with van der Waals surface area (Å²) in [4.78, 5) is 42.6. The van der Waals surface area contributed by atoms with Crippen molar-refractivity contribution in [3.8, 4) is 0 Å². The Balaban J connectivity index is 1.72. The number of aryl methyl sites for hydroxylation is 1. The smallest absolute Gasteiger partial charge is 0.332 e. The maximum Gasteiger partial charge on any atom is 0.418 e. The van der Waals surface area contributed by atoms with Gasteiger partial charge in [-0.2, -0.15) is 18.3 Å². The van der Waals surface area contributed by atoms with Crippen molar-refractivity contribution in [3.05, 3.63) is 52.7 Å². The maximum atomic E-state index is 13.1. The number of carbonyl (C=O) groups is 2. The number of nitrogens with zero attached hydrogens (tertiary/aromatic N) is 5. The van der Waals surface area contributed by atoms with E-state index < -0.39 is 41.3 Å². The normalized spacial score (nSPS) is 11.5. The summed E-state index contributed by atoms with van der Waals surface area (Å²) in [7, 11) is 1.62. The van der Waals surface area contributed by atoms with Crippen LogP contribution in [0.15, 0.2) is 41.6 Å². The molecule has 0 fully saturated rings. The average Bonchev–Trinajstić information content (AvgIpc) is 3.09. The van der Waals surface area contributed by atoms with Gasteiger partial charge in [-0.05, 0) is 19.1 Å². The van der Waals surface area contributed by atoms with Crippen molar-refractivity contribution in [2.45, 2.75) is 19.6 Å². The van der Waals surface area contributed by atoms with Crippen LogP contribution in [0.25, 0.3) is 11.0 Å². The second kappa shape index (κ2) is 8.58. The Kier molecular flexibility index (Phi) is 6.09. The third-order valence-electron chi connectivity index (χ3n) is 4.60. The topological polar surface area (TPSA) is 102 Å². The van der Waals surface area contributed by atoms with Crippen LogP contribution in [0.5, 0.6) is 0 Å². The summed E-state index contributed by atoms with van der Waals surface area (Å²) in [6.45, 7) is 0.875. The molecule has 3 aromatic rings. The SMILES string of the molecule is CCN(CC(=O)Nc1ccccc1C(F)(F)F)C(=O)Cn1cnc2c(cnn2C)c1=O. The van der Waals surface area contributed by atoms with Crippen molar-refractivity contribution in [2.24, 2.45) is 7.05 Å². The lowest BCUT2D eigenvalue weighted by atomic mass is 10.1. The molecule has 2 amide bonds. The highest BCUT2D eigenvalue weighted by atomic mass is 19.4. The number of likely N-dealkylation sites (N-methyl/N-ethyl adjacent to an activating group) is 1. The molecule has 0 saturated carbocycles. The minimum absolute atomic E-state index is 0.116. The van der Waals surface area contributed by atoms with E-state index in [2.05, 4.69) is 15.4 Å². The molecule has 0 unspecified atom stereocenters. The lowest BCUT2D eigenvalue weighted by Gasteiger charge is -2.21. The molecule has 0 aliphatic heterocycles. The van der Waals surface area contributed by atoms with E-state index in [-0.39, 0.29) is 18.5 Å². The van der Waals surface area contributed by atoms with E-state index in [1.54, 1.807) is 14.0 Å². The van der Waals surface area contributed by atoms with E-state index in [1.165, 1.54) is 29.3 Å². The van der Waals surface area contributed by atoms with Crippen LogP contribution in [-0.4, -0.2) is 49.1 Å². The third kappa shape index (κ3) is 4.73. The van der Waals surface area contributed by atoms with Gasteiger partial charge in [0.2, 0.25) is 11.8 Å². The fourth-order valence-corrected chi connectivity index (χ4v) is 3.00. The first-order valence-corrected chi connectivity index (χ1v) is 9.22. The van der Waals surface area contributed by atoms with Crippen molar-refractivity contribution >= 4 is 28.5 Å². The van der Waals surface area contributed by atoms with Crippen LogP contribution in [0.2, 0.25) is 0 Å². The number of anilines is 1. The number of halogens is 3. The number of aromatic nitrogens is 4. The largest absolute Gasteiger partial charge is 0.418 e. The molecule has 12 heteroatoms. The standard InChI is InChI=1S/C19H19F3N6O3/c1-3-27(9-15(29)25-14-7-5-4-6-13(14)19(20,21)22)16(30)10-28-11-23-17-12(18(28)31)8-24-26(17)2/h4-8,11H,3,9-10H2,1-2H3,(H,25,29). The van der Waals surface area contributed by atoms with Gasteiger partial charge < -0.3 is 10.2 Å². The molecule has 1 aromatic carbocycles. The molecule has 0 saturated heterocycles. The number of alkyl halides is 3. The monoisotopic (exact) mass is 436 g/mol.